The van der Waals surface area contributed by atoms with Crippen molar-refractivity contribution in [2.75, 3.05) is 13.1 Å². The lowest BCUT2D eigenvalue weighted by Gasteiger charge is -2.32. The quantitative estimate of drug-likeness (QED) is 0.621. The minimum atomic E-state index is -1.18. The Morgan fingerprint density at radius 3 is 3.00 bits per heavy atom. The molecule has 1 aliphatic rings. The van der Waals surface area contributed by atoms with Gasteiger partial charge in [0.25, 0.3) is 0 Å². The Morgan fingerprint density at radius 1 is 1.75 bits per heavy atom. The summed E-state index contributed by atoms with van der Waals surface area (Å²) in [5.74, 6) is 2.50. The molecular weight excluding hydrogens is 153 g/mol. The summed E-state index contributed by atoms with van der Waals surface area (Å²) in [5, 5.41) is 3.19. The van der Waals surface area contributed by atoms with E-state index in [0.717, 1.165) is 25.9 Å². The first-order valence-corrected chi connectivity index (χ1v) is 4.50. The van der Waals surface area contributed by atoms with Crippen LogP contribution in [0.25, 0.3) is 0 Å². The molecule has 0 amide bonds. The first-order valence-electron chi connectivity index (χ1n) is 4.50. The smallest absolute Gasteiger partial charge is 0.123 e. The van der Waals surface area contributed by atoms with E-state index < -0.39 is 5.67 Å². The van der Waals surface area contributed by atoms with Crippen molar-refractivity contribution in [1.82, 2.24) is 5.32 Å². The Balaban J connectivity index is 2.48. The second kappa shape index (κ2) is 3.91. The lowest BCUT2D eigenvalue weighted by Crippen LogP contribution is -2.41. The van der Waals surface area contributed by atoms with Gasteiger partial charge in [0.1, 0.15) is 5.67 Å². The monoisotopic (exact) mass is 169 g/mol. The number of hydrogen-bond acceptors (Lipinski definition) is 1. The zero-order chi connectivity index (χ0) is 9.03. The van der Waals surface area contributed by atoms with E-state index in [2.05, 4.69) is 11.2 Å². The van der Waals surface area contributed by atoms with Gasteiger partial charge < -0.3 is 5.32 Å². The average Bonchev–Trinajstić information content (AvgIpc) is 2.06. The first-order chi connectivity index (χ1) is 5.67. The Morgan fingerprint density at radius 2 is 2.50 bits per heavy atom. The van der Waals surface area contributed by atoms with Gasteiger partial charge in [-0.3, -0.25) is 0 Å². The van der Waals surface area contributed by atoms with Gasteiger partial charge in [0.15, 0.2) is 0 Å². The maximum absolute atomic E-state index is 13.8. The van der Waals surface area contributed by atoms with E-state index in [0.29, 0.717) is 0 Å². The molecule has 0 aliphatic carbocycles. The molecule has 1 rings (SSSR count). The summed E-state index contributed by atoms with van der Waals surface area (Å²) in [6.45, 7) is 3.40. The fraction of sp³-hybridized carbons (Fsp3) is 0.800. The van der Waals surface area contributed by atoms with Gasteiger partial charge in [0.05, 0.1) is 0 Å². The maximum Gasteiger partial charge on any atom is 0.123 e. The number of piperidine rings is 1. The Hall–Kier alpha value is -0.550. The summed E-state index contributed by atoms with van der Waals surface area (Å²) in [4.78, 5) is 0. The van der Waals surface area contributed by atoms with Gasteiger partial charge in [-0.05, 0) is 26.3 Å². The van der Waals surface area contributed by atoms with E-state index in [1.165, 1.54) is 0 Å². The van der Waals surface area contributed by atoms with Gasteiger partial charge in [-0.2, -0.15) is 0 Å². The normalized spacial score (nSPS) is 28.9. The fourth-order valence-electron chi connectivity index (χ4n) is 1.71. The molecule has 1 nitrogen and oxygen atoms in total. The molecule has 2 heteroatoms. The molecule has 0 aromatic rings. The summed E-state index contributed by atoms with van der Waals surface area (Å²) < 4.78 is 13.8. The van der Waals surface area contributed by atoms with Gasteiger partial charge >= 0.3 is 0 Å². The van der Waals surface area contributed by atoms with Crippen LogP contribution in [0.1, 0.15) is 26.2 Å². The lowest BCUT2D eigenvalue weighted by atomic mass is 9.83. The van der Waals surface area contributed by atoms with Crippen LogP contribution in [-0.2, 0) is 0 Å². The van der Waals surface area contributed by atoms with Gasteiger partial charge in [0.2, 0.25) is 0 Å². The van der Waals surface area contributed by atoms with Crippen LogP contribution in [-0.4, -0.2) is 18.8 Å². The third kappa shape index (κ3) is 2.22. The van der Waals surface area contributed by atoms with Crippen LogP contribution in [0, 0.1) is 18.3 Å². The number of hydrogen-bond donors (Lipinski definition) is 1. The van der Waals surface area contributed by atoms with Crippen molar-refractivity contribution in [3.05, 3.63) is 0 Å². The van der Waals surface area contributed by atoms with E-state index in [4.69, 9.17) is 6.42 Å². The van der Waals surface area contributed by atoms with E-state index in [1.54, 1.807) is 6.92 Å². The number of rotatable bonds is 2. The molecular formula is C10H16FN. The van der Waals surface area contributed by atoms with Crippen molar-refractivity contribution in [1.29, 1.82) is 0 Å². The van der Waals surface area contributed by atoms with Crippen LogP contribution in [0.4, 0.5) is 4.39 Å². The third-order valence-corrected chi connectivity index (χ3v) is 2.60. The lowest BCUT2D eigenvalue weighted by molar-refractivity contribution is 0.0885. The minimum Gasteiger partial charge on any atom is -0.316 e. The van der Waals surface area contributed by atoms with Crippen molar-refractivity contribution in [2.24, 2.45) is 5.92 Å². The van der Waals surface area contributed by atoms with E-state index in [1.807, 2.05) is 0 Å². The Bertz CT molecular complexity index is 175. The molecule has 2 atom stereocenters. The highest BCUT2D eigenvalue weighted by Crippen LogP contribution is 2.30. The molecule has 0 radical (unpaired) electrons. The van der Waals surface area contributed by atoms with Crippen LogP contribution in [0.3, 0.4) is 0 Å². The largest absolute Gasteiger partial charge is 0.316 e. The highest BCUT2D eigenvalue weighted by atomic mass is 19.1. The SMILES string of the molecule is C#CCC(C)(F)C1CCCNC1. The predicted molar refractivity (Wildman–Crippen MR) is 48.6 cm³/mol. The second-order valence-corrected chi connectivity index (χ2v) is 3.70. The molecule has 1 heterocycles. The first kappa shape index (κ1) is 9.54. The number of alkyl halides is 1. The Kier molecular flexibility index (Phi) is 3.11. The predicted octanol–water partition coefficient (Wildman–Crippen LogP) is 1.74. The number of nitrogens with one attached hydrogen (secondary N) is 1. The van der Waals surface area contributed by atoms with Crippen LogP contribution in [0.5, 0.6) is 0 Å². The van der Waals surface area contributed by atoms with Gasteiger partial charge in [-0.15, -0.1) is 12.3 Å². The molecule has 2 unspecified atom stereocenters. The maximum atomic E-state index is 13.8. The fourth-order valence-corrected chi connectivity index (χ4v) is 1.71. The molecule has 1 saturated heterocycles. The highest BCUT2D eigenvalue weighted by Gasteiger charge is 2.33. The molecule has 12 heavy (non-hydrogen) atoms. The minimum absolute atomic E-state index is 0.0994. The van der Waals surface area contributed by atoms with Gasteiger partial charge in [-0.25, -0.2) is 4.39 Å². The van der Waals surface area contributed by atoms with Crippen molar-refractivity contribution in [3.63, 3.8) is 0 Å². The van der Waals surface area contributed by atoms with E-state index in [-0.39, 0.29) is 12.3 Å². The van der Waals surface area contributed by atoms with E-state index >= 15 is 0 Å². The molecule has 0 aromatic carbocycles. The molecule has 1 aliphatic heterocycles. The average molecular weight is 169 g/mol. The van der Waals surface area contributed by atoms with Crippen molar-refractivity contribution >= 4 is 0 Å². The topological polar surface area (TPSA) is 12.0 Å². The summed E-state index contributed by atoms with van der Waals surface area (Å²) in [5.41, 5.74) is -1.18. The van der Waals surface area contributed by atoms with Gasteiger partial charge in [-0.1, -0.05) is 0 Å². The van der Waals surface area contributed by atoms with Crippen LogP contribution < -0.4 is 5.32 Å². The highest BCUT2D eigenvalue weighted by molar-refractivity contribution is 4.97. The zero-order valence-corrected chi connectivity index (χ0v) is 7.57. The molecule has 0 saturated carbocycles. The van der Waals surface area contributed by atoms with Crippen LogP contribution in [0.15, 0.2) is 0 Å². The van der Waals surface area contributed by atoms with Crippen molar-refractivity contribution in [2.45, 2.75) is 31.9 Å². The molecule has 0 spiro atoms. The second-order valence-electron chi connectivity index (χ2n) is 3.70. The molecule has 68 valence electrons. The summed E-state index contributed by atoms with van der Waals surface area (Å²) >= 11 is 0. The molecule has 0 bridgehead atoms. The van der Waals surface area contributed by atoms with Gasteiger partial charge in [0, 0.05) is 18.9 Å². The summed E-state index contributed by atoms with van der Waals surface area (Å²) in [6.07, 6.45) is 7.37. The number of halogens is 1. The summed E-state index contributed by atoms with van der Waals surface area (Å²) in [7, 11) is 0. The Labute approximate surface area is 73.7 Å². The van der Waals surface area contributed by atoms with Crippen molar-refractivity contribution < 1.29 is 4.39 Å². The van der Waals surface area contributed by atoms with Crippen LogP contribution >= 0.6 is 0 Å². The molecule has 0 aromatic heterocycles. The zero-order valence-electron chi connectivity index (χ0n) is 7.57. The van der Waals surface area contributed by atoms with E-state index in [9.17, 15) is 4.39 Å². The standard InChI is InChI=1S/C10H16FN/c1-3-6-10(2,11)9-5-4-7-12-8-9/h1,9,12H,4-8H2,2H3. The number of terminal acetylenes is 1. The van der Waals surface area contributed by atoms with Crippen molar-refractivity contribution in [3.8, 4) is 12.3 Å². The van der Waals surface area contributed by atoms with Crippen LogP contribution in [0.2, 0.25) is 0 Å². The third-order valence-electron chi connectivity index (χ3n) is 2.60. The molecule has 1 fully saturated rings. The summed E-state index contributed by atoms with van der Waals surface area (Å²) in [6, 6.07) is 0. The molecule has 1 N–H and O–H groups in total.